The van der Waals surface area contributed by atoms with Crippen LogP contribution in [0, 0.1) is 0 Å². The van der Waals surface area contributed by atoms with Crippen molar-refractivity contribution in [1.82, 2.24) is 4.90 Å². The SMILES string of the molecule is O=C1S/C(=C\c2ccc(OCc3ccccc3)c(Br)c2)C(=O)N1Cc1ccc2ccccc2c1. The van der Waals surface area contributed by atoms with E-state index in [-0.39, 0.29) is 17.7 Å². The fraction of sp³-hybridized carbons (Fsp3) is 0.0714. The molecule has 6 heteroatoms. The minimum atomic E-state index is -0.274. The molecule has 1 heterocycles. The van der Waals surface area contributed by atoms with Crippen molar-refractivity contribution in [1.29, 1.82) is 0 Å². The molecule has 0 bridgehead atoms. The predicted molar refractivity (Wildman–Crippen MR) is 140 cm³/mol. The minimum Gasteiger partial charge on any atom is -0.488 e. The molecule has 4 aromatic carbocycles. The molecule has 4 aromatic rings. The molecule has 5 rings (SSSR count). The Morgan fingerprint density at radius 2 is 1.59 bits per heavy atom. The van der Waals surface area contributed by atoms with E-state index in [0.29, 0.717) is 17.3 Å². The van der Waals surface area contributed by atoms with Crippen LogP contribution in [-0.2, 0) is 17.9 Å². The third-order valence-electron chi connectivity index (χ3n) is 5.52. The summed E-state index contributed by atoms with van der Waals surface area (Å²) in [5.41, 5.74) is 2.82. The predicted octanol–water partition coefficient (Wildman–Crippen LogP) is 7.42. The number of thioether (sulfide) groups is 1. The number of hydrogen-bond donors (Lipinski definition) is 0. The van der Waals surface area contributed by atoms with Crippen LogP contribution in [0.1, 0.15) is 16.7 Å². The lowest BCUT2D eigenvalue weighted by Crippen LogP contribution is -2.27. The number of fused-ring (bicyclic) bond motifs is 1. The average molecular weight is 530 g/mol. The van der Waals surface area contributed by atoms with Gasteiger partial charge in [0.2, 0.25) is 0 Å². The van der Waals surface area contributed by atoms with Crippen molar-refractivity contribution in [2.75, 3.05) is 0 Å². The van der Waals surface area contributed by atoms with Crippen LogP contribution in [0.3, 0.4) is 0 Å². The summed E-state index contributed by atoms with van der Waals surface area (Å²) >= 11 is 4.52. The zero-order chi connectivity index (χ0) is 23.5. The maximum atomic E-state index is 13.0. The summed E-state index contributed by atoms with van der Waals surface area (Å²) in [6.45, 7) is 0.718. The topological polar surface area (TPSA) is 46.6 Å². The molecular formula is C28H20BrNO3S. The van der Waals surface area contributed by atoms with Crippen molar-refractivity contribution >= 4 is 55.7 Å². The standard InChI is InChI=1S/C28H20BrNO3S/c29-24-15-20(11-13-25(24)33-18-19-6-2-1-3-7-19)16-26-27(31)30(28(32)34-26)17-21-10-12-22-8-4-5-9-23(22)14-21/h1-16H,17-18H2/b26-16-. The lowest BCUT2D eigenvalue weighted by molar-refractivity contribution is -0.123. The lowest BCUT2D eigenvalue weighted by Gasteiger charge is -2.13. The Morgan fingerprint density at radius 1 is 0.824 bits per heavy atom. The molecule has 0 atom stereocenters. The summed E-state index contributed by atoms with van der Waals surface area (Å²) in [7, 11) is 0. The maximum Gasteiger partial charge on any atom is 0.293 e. The molecule has 0 radical (unpaired) electrons. The van der Waals surface area contributed by atoms with E-state index in [0.717, 1.165) is 43.7 Å². The molecule has 1 saturated heterocycles. The van der Waals surface area contributed by atoms with Crippen molar-refractivity contribution in [2.24, 2.45) is 0 Å². The Labute approximate surface area is 210 Å². The molecule has 0 unspecified atom stereocenters. The molecule has 0 N–H and O–H groups in total. The first-order chi connectivity index (χ1) is 16.6. The van der Waals surface area contributed by atoms with Crippen molar-refractivity contribution in [3.05, 3.63) is 117 Å². The van der Waals surface area contributed by atoms with Crippen LogP contribution in [0.4, 0.5) is 4.79 Å². The minimum absolute atomic E-state index is 0.253. The molecular weight excluding hydrogens is 510 g/mol. The first-order valence-corrected chi connectivity index (χ1v) is 12.4. The van der Waals surface area contributed by atoms with Gasteiger partial charge < -0.3 is 4.74 Å². The molecule has 1 aliphatic rings. The van der Waals surface area contributed by atoms with Crippen LogP contribution in [-0.4, -0.2) is 16.0 Å². The quantitative estimate of drug-likeness (QED) is 0.244. The van der Waals surface area contributed by atoms with E-state index < -0.39 is 0 Å². The summed E-state index contributed by atoms with van der Waals surface area (Å²) in [6, 6.07) is 29.6. The van der Waals surface area contributed by atoms with Crippen LogP contribution < -0.4 is 4.74 Å². The second kappa shape index (κ2) is 9.87. The number of amides is 2. The van der Waals surface area contributed by atoms with E-state index in [1.165, 1.54) is 4.90 Å². The summed E-state index contributed by atoms with van der Waals surface area (Å²) in [5, 5.41) is 1.95. The smallest absolute Gasteiger partial charge is 0.293 e. The van der Waals surface area contributed by atoms with E-state index in [4.69, 9.17) is 4.74 Å². The Hall–Kier alpha value is -3.35. The largest absolute Gasteiger partial charge is 0.488 e. The number of rotatable bonds is 6. The van der Waals surface area contributed by atoms with Crippen molar-refractivity contribution in [3.63, 3.8) is 0 Å². The van der Waals surface area contributed by atoms with Gasteiger partial charge in [-0.2, -0.15) is 0 Å². The molecule has 168 valence electrons. The first-order valence-electron chi connectivity index (χ1n) is 10.8. The highest BCUT2D eigenvalue weighted by molar-refractivity contribution is 9.10. The Balaban J connectivity index is 1.29. The van der Waals surface area contributed by atoms with Gasteiger partial charge >= 0.3 is 0 Å². The second-order valence-electron chi connectivity index (χ2n) is 7.91. The number of imide groups is 1. The zero-order valence-corrected chi connectivity index (χ0v) is 20.5. The van der Waals surface area contributed by atoms with Gasteiger partial charge in [0.05, 0.1) is 15.9 Å². The monoisotopic (exact) mass is 529 g/mol. The fourth-order valence-electron chi connectivity index (χ4n) is 3.77. The van der Waals surface area contributed by atoms with E-state index in [2.05, 4.69) is 15.9 Å². The van der Waals surface area contributed by atoms with Crippen LogP contribution >= 0.6 is 27.7 Å². The van der Waals surface area contributed by atoms with E-state index >= 15 is 0 Å². The normalized spacial score (nSPS) is 14.9. The van der Waals surface area contributed by atoms with Gasteiger partial charge in [0, 0.05) is 0 Å². The van der Waals surface area contributed by atoms with Crippen LogP contribution in [0.25, 0.3) is 16.8 Å². The van der Waals surface area contributed by atoms with Crippen molar-refractivity contribution in [2.45, 2.75) is 13.2 Å². The molecule has 0 aliphatic carbocycles. The van der Waals surface area contributed by atoms with Gasteiger partial charge in [0.15, 0.2) is 0 Å². The maximum absolute atomic E-state index is 13.0. The Morgan fingerprint density at radius 3 is 2.38 bits per heavy atom. The zero-order valence-electron chi connectivity index (χ0n) is 18.1. The van der Waals surface area contributed by atoms with Gasteiger partial charge in [-0.25, -0.2) is 0 Å². The molecule has 0 aromatic heterocycles. The second-order valence-corrected chi connectivity index (χ2v) is 9.76. The number of ether oxygens (including phenoxy) is 1. The lowest BCUT2D eigenvalue weighted by atomic mass is 10.1. The number of halogens is 1. The molecule has 4 nitrogen and oxygen atoms in total. The van der Waals surface area contributed by atoms with Crippen LogP contribution in [0.15, 0.2) is 100 Å². The number of nitrogens with zero attached hydrogens (tertiary/aromatic N) is 1. The molecule has 0 spiro atoms. The highest BCUT2D eigenvalue weighted by atomic mass is 79.9. The van der Waals surface area contributed by atoms with Crippen molar-refractivity contribution in [3.8, 4) is 5.75 Å². The van der Waals surface area contributed by atoms with Gasteiger partial charge in [-0.15, -0.1) is 0 Å². The van der Waals surface area contributed by atoms with Crippen LogP contribution in [0.2, 0.25) is 0 Å². The molecule has 34 heavy (non-hydrogen) atoms. The van der Waals surface area contributed by atoms with Gasteiger partial charge in [-0.3, -0.25) is 14.5 Å². The van der Waals surface area contributed by atoms with E-state index in [9.17, 15) is 9.59 Å². The number of carbonyl (C=O) groups excluding carboxylic acids is 2. The molecule has 1 aliphatic heterocycles. The third-order valence-corrected chi connectivity index (χ3v) is 7.05. The van der Waals surface area contributed by atoms with Gasteiger partial charge in [0.1, 0.15) is 12.4 Å². The summed E-state index contributed by atoms with van der Waals surface area (Å²) in [6.07, 6.45) is 1.75. The van der Waals surface area contributed by atoms with E-state index in [1.807, 2.05) is 91.0 Å². The fourth-order valence-corrected chi connectivity index (χ4v) is 5.12. The van der Waals surface area contributed by atoms with Crippen molar-refractivity contribution < 1.29 is 14.3 Å². The highest BCUT2D eigenvalue weighted by Crippen LogP contribution is 2.35. The average Bonchev–Trinajstić information content (AvgIpc) is 3.11. The van der Waals surface area contributed by atoms with E-state index in [1.54, 1.807) is 6.08 Å². The Bertz CT molecular complexity index is 1420. The number of benzene rings is 4. The number of hydrogen-bond acceptors (Lipinski definition) is 4. The molecule has 0 saturated carbocycles. The van der Waals surface area contributed by atoms with Gasteiger partial charge in [0.25, 0.3) is 11.1 Å². The Kier molecular flexibility index (Phi) is 6.52. The van der Waals surface area contributed by atoms with Crippen LogP contribution in [0.5, 0.6) is 5.75 Å². The number of carbonyl (C=O) groups is 2. The summed E-state index contributed by atoms with van der Waals surface area (Å²) < 4.78 is 6.68. The summed E-state index contributed by atoms with van der Waals surface area (Å²) in [4.78, 5) is 27.3. The summed E-state index contributed by atoms with van der Waals surface area (Å²) in [5.74, 6) is 0.439. The van der Waals surface area contributed by atoms with Gasteiger partial charge in [-0.05, 0) is 79.4 Å². The highest BCUT2D eigenvalue weighted by Gasteiger charge is 2.35. The van der Waals surface area contributed by atoms with Gasteiger partial charge in [-0.1, -0.05) is 72.8 Å². The molecule has 1 fully saturated rings. The molecule has 2 amide bonds. The third kappa shape index (κ3) is 4.93. The first kappa shape index (κ1) is 22.4.